The maximum Gasteiger partial charge on any atom is 0.295 e. The molecule has 0 radical (unpaired) electrons. The van der Waals surface area contributed by atoms with Crippen LogP contribution in [0, 0.1) is 0 Å². The number of carbonyl (C=O) groups excluding carboxylic acids is 2. The molecular formula is C25H26N2O6. The number of nitrogens with zero attached hydrogens (tertiary/aromatic N) is 2. The van der Waals surface area contributed by atoms with Crippen LogP contribution in [-0.4, -0.2) is 66.7 Å². The minimum atomic E-state index is -0.755. The number of fused-ring (bicyclic) bond motifs is 1. The van der Waals surface area contributed by atoms with Crippen LogP contribution in [0.5, 0.6) is 17.2 Å². The Balaban J connectivity index is 1.59. The predicted octanol–water partition coefficient (Wildman–Crippen LogP) is 2.94. The van der Waals surface area contributed by atoms with E-state index in [0.717, 1.165) is 25.9 Å². The molecule has 3 aliphatic heterocycles. The van der Waals surface area contributed by atoms with Crippen LogP contribution in [0.3, 0.4) is 0 Å². The molecule has 0 aromatic heterocycles. The van der Waals surface area contributed by atoms with Crippen molar-refractivity contribution in [2.24, 2.45) is 0 Å². The standard InChI is InChI=1S/C25H26N2O6/c1-31-18-7-3-2-6-17(18)22-21(23(28)16-8-9-19-20(14-16)33-15-32-19)24(29)25(30)27(22)13-12-26-10-4-5-11-26/h2-3,6-9,14,22,28H,4-5,10-13,15H2,1H3/b23-21+. The van der Waals surface area contributed by atoms with Gasteiger partial charge in [-0.2, -0.15) is 0 Å². The lowest BCUT2D eigenvalue weighted by Crippen LogP contribution is -2.37. The summed E-state index contributed by atoms with van der Waals surface area (Å²) >= 11 is 0. The SMILES string of the molecule is COc1ccccc1C1/C(=C(\O)c2ccc3c(c2)OCO3)C(=O)C(=O)N1CCN1CCCC1. The Morgan fingerprint density at radius 3 is 2.61 bits per heavy atom. The largest absolute Gasteiger partial charge is 0.507 e. The fraction of sp³-hybridized carbons (Fsp3) is 0.360. The molecular weight excluding hydrogens is 424 g/mol. The average molecular weight is 450 g/mol. The highest BCUT2D eigenvalue weighted by atomic mass is 16.7. The molecule has 1 atom stereocenters. The fourth-order valence-electron chi connectivity index (χ4n) is 4.78. The van der Waals surface area contributed by atoms with E-state index in [1.54, 1.807) is 36.3 Å². The molecule has 2 aromatic carbocycles. The Morgan fingerprint density at radius 1 is 1.06 bits per heavy atom. The first kappa shape index (κ1) is 21.3. The quantitative estimate of drug-likeness (QED) is 0.411. The Kier molecular flexibility index (Phi) is 5.68. The van der Waals surface area contributed by atoms with Gasteiger partial charge in [-0.25, -0.2) is 0 Å². The normalized spacial score (nSPS) is 21.7. The van der Waals surface area contributed by atoms with E-state index in [2.05, 4.69) is 4.90 Å². The topological polar surface area (TPSA) is 88.5 Å². The number of hydrogen-bond acceptors (Lipinski definition) is 7. The van der Waals surface area contributed by atoms with Gasteiger partial charge in [-0.3, -0.25) is 9.59 Å². The van der Waals surface area contributed by atoms with Gasteiger partial charge in [-0.15, -0.1) is 0 Å². The van der Waals surface area contributed by atoms with Gasteiger partial charge in [-0.05, 0) is 50.2 Å². The molecule has 5 rings (SSSR count). The van der Waals surface area contributed by atoms with Gasteiger partial charge in [0.05, 0.1) is 18.7 Å². The van der Waals surface area contributed by atoms with Crippen molar-refractivity contribution in [3.05, 3.63) is 59.2 Å². The molecule has 8 nitrogen and oxygen atoms in total. The molecule has 0 bridgehead atoms. The Labute approximate surface area is 192 Å². The highest BCUT2D eigenvalue weighted by molar-refractivity contribution is 6.46. The molecule has 1 unspecified atom stereocenters. The Hall–Kier alpha value is -3.52. The van der Waals surface area contributed by atoms with E-state index in [1.165, 1.54) is 0 Å². The molecule has 0 aliphatic carbocycles. The molecule has 3 heterocycles. The second-order valence-corrected chi connectivity index (χ2v) is 8.35. The van der Waals surface area contributed by atoms with Crippen LogP contribution in [-0.2, 0) is 9.59 Å². The number of para-hydroxylation sites is 1. The molecule has 2 aromatic rings. The number of carbonyl (C=O) groups is 2. The summed E-state index contributed by atoms with van der Waals surface area (Å²) in [5, 5.41) is 11.3. The third-order valence-corrected chi connectivity index (χ3v) is 6.48. The Morgan fingerprint density at radius 2 is 1.82 bits per heavy atom. The summed E-state index contributed by atoms with van der Waals surface area (Å²) in [4.78, 5) is 30.2. The van der Waals surface area contributed by atoms with E-state index in [-0.39, 0.29) is 18.1 Å². The molecule has 0 saturated carbocycles. The van der Waals surface area contributed by atoms with Crippen LogP contribution < -0.4 is 14.2 Å². The van der Waals surface area contributed by atoms with Crippen LogP contribution in [0.1, 0.15) is 30.0 Å². The zero-order valence-electron chi connectivity index (χ0n) is 18.5. The number of aliphatic hydroxyl groups excluding tert-OH is 1. The minimum Gasteiger partial charge on any atom is -0.507 e. The van der Waals surface area contributed by atoms with Crippen LogP contribution in [0.2, 0.25) is 0 Å². The molecule has 1 amide bonds. The number of Topliss-reactive ketones (excluding diaryl/α,β-unsaturated/α-hetero) is 1. The van der Waals surface area contributed by atoms with E-state index in [9.17, 15) is 14.7 Å². The summed E-state index contributed by atoms with van der Waals surface area (Å²) in [5.41, 5.74) is 1.09. The highest BCUT2D eigenvalue weighted by Crippen LogP contribution is 2.43. The van der Waals surface area contributed by atoms with Gasteiger partial charge in [0.15, 0.2) is 11.5 Å². The molecule has 33 heavy (non-hydrogen) atoms. The summed E-state index contributed by atoms with van der Waals surface area (Å²) < 4.78 is 16.3. The van der Waals surface area contributed by atoms with Gasteiger partial charge >= 0.3 is 0 Å². The van der Waals surface area contributed by atoms with E-state index in [4.69, 9.17) is 14.2 Å². The highest BCUT2D eigenvalue weighted by Gasteiger charge is 2.47. The van der Waals surface area contributed by atoms with Gasteiger partial charge < -0.3 is 29.1 Å². The summed E-state index contributed by atoms with van der Waals surface area (Å²) in [5.74, 6) is 0.0309. The number of methoxy groups -OCH3 is 1. The van der Waals surface area contributed by atoms with Crippen molar-refractivity contribution >= 4 is 17.4 Å². The predicted molar refractivity (Wildman–Crippen MR) is 120 cm³/mol. The second kappa shape index (κ2) is 8.78. The van der Waals surface area contributed by atoms with Crippen molar-refractivity contribution in [3.8, 4) is 17.2 Å². The molecule has 172 valence electrons. The summed E-state index contributed by atoms with van der Waals surface area (Å²) in [6.45, 7) is 3.12. The van der Waals surface area contributed by atoms with Crippen LogP contribution in [0.25, 0.3) is 5.76 Å². The minimum absolute atomic E-state index is 0.0461. The number of ketones is 1. The van der Waals surface area contributed by atoms with E-state index in [1.807, 2.05) is 18.2 Å². The van der Waals surface area contributed by atoms with Crippen LogP contribution in [0.4, 0.5) is 0 Å². The van der Waals surface area contributed by atoms with Crippen molar-refractivity contribution in [3.63, 3.8) is 0 Å². The molecule has 1 N–H and O–H groups in total. The number of likely N-dealkylation sites (tertiary alicyclic amines) is 2. The number of hydrogen-bond donors (Lipinski definition) is 1. The lowest BCUT2D eigenvalue weighted by Gasteiger charge is -2.28. The first-order chi connectivity index (χ1) is 16.1. The first-order valence-corrected chi connectivity index (χ1v) is 11.1. The lowest BCUT2D eigenvalue weighted by molar-refractivity contribution is -0.140. The number of rotatable bonds is 6. The molecule has 0 spiro atoms. The van der Waals surface area contributed by atoms with Crippen molar-refractivity contribution in [2.45, 2.75) is 18.9 Å². The molecule has 8 heteroatoms. The van der Waals surface area contributed by atoms with E-state index >= 15 is 0 Å². The number of amides is 1. The zero-order valence-corrected chi connectivity index (χ0v) is 18.5. The van der Waals surface area contributed by atoms with Gasteiger partial charge in [-0.1, -0.05) is 18.2 Å². The maximum absolute atomic E-state index is 13.2. The Bertz CT molecular complexity index is 1120. The third kappa shape index (κ3) is 3.80. The summed E-state index contributed by atoms with van der Waals surface area (Å²) in [7, 11) is 1.55. The number of ether oxygens (including phenoxy) is 3. The van der Waals surface area contributed by atoms with Crippen molar-refractivity contribution in [1.82, 2.24) is 9.80 Å². The lowest BCUT2D eigenvalue weighted by atomic mass is 9.94. The van der Waals surface area contributed by atoms with Crippen molar-refractivity contribution in [2.75, 3.05) is 40.1 Å². The van der Waals surface area contributed by atoms with Crippen LogP contribution in [0.15, 0.2) is 48.0 Å². The summed E-state index contributed by atoms with van der Waals surface area (Å²) in [6.07, 6.45) is 2.28. The maximum atomic E-state index is 13.2. The first-order valence-electron chi connectivity index (χ1n) is 11.1. The molecule has 2 saturated heterocycles. The molecule has 2 fully saturated rings. The van der Waals surface area contributed by atoms with E-state index in [0.29, 0.717) is 41.5 Å². The molecule has 3 aliphatic rings. The number of benzene rings is 2. The summed E-state index contributed by atoms with van der Waals surface area (Å²) in [6, 6.07) is 11.5. The van der Waals surface area contributed by atoms with Gasteiger partial charge in [0, 0.05) is 24.2 Å². The van der Waals surface area contributed by atoms with Gasteiger partial charge in [0.2, 0.25) is 6.79 Å². The number of aliphatic hydroxyl groups is 1. The van der Waals surface area contributed by atoms with Gasteiger partial charge in [0.25, 0.3) is 11.7 Å². The zero-order chi connectivity index (χ0) is 22.9. The monoisotopic (exact) mass is 450 g/mol. The van der Waals surface area contributed by atoms with E-state index < -0.39 is 17.7 Å². The van der Waals surface area contributed by atoms with Gasteiger partial charge in [0.1, 0.15) is 11.5 Å². The van der Waals surface area contributed by atoms with Crippen molar-refractivity contribution < 1.29 is 28.9 Å². The second-order valence-electron chi connectivity index (χ2n) is 8.35. The average Bonchev–Trinajstić information content (AvgIpc) is 3.58. The van der Waals surface area contributed by atoms with Crippen LogP contribution >= 0.6 is 0 Å². The van der Waals surface area contributed by atoms with Crippen molar-refractivity contribution in [1.29, 1.82) is 0 Å². The fourth-order valence-corrected chi connectivity index (χ4v) is 4.78. The third-order valence-electron chi connectivity index (χ3n) is 6.48. The smallest absolute Gasteiger partial charge is 0.295 e.